The first-order valence-electron chi connectivity index (χ1n) is 5.61. The van der Waals surface area contributed by atoms with Crippen molar-refractivity contribution in [2.45, 2.75) is 51.2 Å². The molecule has 1 aromatic rings. The SMILES string of the molecule is CC.CC.CC1Cc2ccccc2S1. The van der Waals surface area contributed by atoms with E-state index in [0.717, 1.165) is 5.25 Å². The fraction of sp³-hybridized carbons (Fsp3) is 0.538. The minimum atomic E-state index is 0.789. The van der Waals surface area contributed by atoms with Crippen molar-refractivity contribution in [2.75, 3.05) is 0 Å². The lowest BCUT2D eigenvalue weighted by molar-refractivity contribution is 0.960. The van der Waals surface area contributed by atoms with E-state index in [9.17, 15) is 0 Å². The van der Waals surface area contributed by atoms with E-state index < -0.39 is 0 Å². The Kier molecular flexibility index (Phi) is 7.68. The highest BCUT2D eigenvalue weighted by Crippen LogP contribution is 2.35. The van der Waals surface area contributed by atoms with Gasteiger partial charge in [-0.15, -0.1) is 11.8 Å². The summed E-state index contributed by atoms with van der Waals surface area (Å²) in [4.78, 5) is 1.48. The molecule has 0 radical (unpaired) electrons. The van der Waals surface area contributed by atoms with Gasteiger partial charge in [-0.25, -0.2) is 0 Å². The van der Waals surface area contributed by atoms with Gasteiger partial charge in [0.1, 0.15) is 0 Å². The monoisotopic (exact) mass is 210 g/mol. The van der Waals surface area contributed by atoms with Crippen LogP contribution in [0.1, 0.15) is 40.2 Å². The summed E-state index contributed by atoms with van der Waals surface area (Å²) in [5.41, 5.74) is 1.53. The summed E-state index contributed by atoms with van der Waals surface area (Å²) in [5, 5.41) is 0.789. The lowest BCUT2D eigenvalue weighted by atomic mass is 10.1. The van der Waals surface area contributed by atoms with Crippen LogP contribution in [-0.4, -0.2) is 5.25 Å². The van der Waals surface area contributed by atoms with Crippen molar-refractivity contribution >= 4 is 11.8 Å². The summed E-state index contributed by atoms with van der Waals surface area (Å²) in [6.45, 7) is 10.3. The molecular weight excluding hydrogens is 188 g/mol. The summed E-state index contributed by atoms with van der Waals surface area (Å²) in [6.07, 6.45) is 1.25. The second kappa shape index (κ2) is 7.93. The Morgan fingerprint density at radius 3 is 2.21 bits per heavy atom. The molecule has 0 amide bonds. The standard InChI is InChI=1S/C9H10S.2C2H6/c1-7-6-8-4-2-3-5-9(8)10-7;2*1-2/h2-5,7H,6H2,1H3;2*1-2H3. The molecule has 0 bridgehead atoms. The van der Waals surface area contributed by atoms with Gasteiger partial charge in [-0.3, -0.25) is 0 Å². The van der Waals surface area contributed by atoms with Crippen LogP contribution in [0.25, 0.3) is 0 Å². The van der Waals surface area contributed by atoms with Crippen LogP contribution in [0.5, 0.6) is 0 Å². The third-order valence-corrected chi connectivity index (χ3v) is 3.03. The number of thioether (sulfide) groups is 1. The smallest absolute Gasteiger partial charge is 0.0107 e. The number of rotatable bonds is 0. The summed E-state index contributed by atoms with van der Waals surface area (Å²) in [6, 6.07) is 8.68. The maximum absolute atomic E-state index is 2.28. The second-order valence-electron chi connectivity index (χ2n) is 2.74. The topological polar surface area (TPSA) is 0 Å². The van der Waals surface area contributed by atoms with E-state index in [4.69, 9.17) is 0 Å². The summed E-state index contributed by atoms with van der Waals surface area (Å²) < 4.78 is 0. The van der Waals surface area contributed by atoms with Crippen LogP contribution < -0.4 is 0 Å². The van der Waals surface area contributed by atoms with Gasteiger partial charge in [-0.2, -0.15) is 0 Å². The number of hydrogen-bond acceptors (Lipinski definition) is 1. The van der Waals surface area contributed by atoms with Crippen molar-refractivity contribution in [1.82, 2.24) is 0 Å². The van der Waals surface area contributed by atoms with Crippen molar-refractivity contribution in [1.29, 1.82) is 0 Å². The number of benzene rings is 1. The molecule has 0 N–H and O–H groups in total. The van der Waals surface area contributed by atoms with E-state index >= 15 is 0 Å². The van der Waals surface area contributed by atoms with Crippen molar-refractivity contribution in [3.8, 4) is 0 Å². The molecule has 1 unspecified atom stereocenters. The van der Waals surface area contributed by atoms with E-state index in [1.54, 1.807) is 0 Å². The first-order chi connectivity index (χ1) is 6.86. The molecular formula is C13H22S. The molecule has 0 saturated carbocycles. The van der Waals surface area contributed by atoms with Crippen LogP contribution in [0.4, 0.5) is 0 Å². The molecule has 1 aromatic carbocycles. The summed E-state index contributed by atoms with van der Waals surface area (Å²) in [5.74, 6) is 0. The van der Waals surface area contributed by atoms with Gasteiger partial charge in [0, 0.05) is 10.1 Å². The summed E-state index contributed by atoms with van der Waals surface area (Å²) in [7, 11) is 0. The second-order valence-corrected chi connectivity index (χ2v) is 4.22. The van der Waals surface area contributed by atoms with Gasteiger partial charge in [0.05, 0.1) is 0 Å². The van der Waals surface area contributed by atoms with Gasteiger partial charge < -0.3 is 0 Å². The van der Waals surface area contributed by atoms with Crippen LogP contribution in [-0.2, 0) is 6.42 Å². The highest BCUT2D eigenvalue weighted by molar-refractivity contribution is 8.00. The van der Waals surface area contributed by atoms with Crippen molar-refractivity contribution in [3.05, 3.63) is 29.8 Å². The zero-order valence-corrected chi connectivity index (χ0v) is 10.8. The fourth-order valence-corrected chi connectivity index (χ4v) is 2.51. The molecule has 1 heterocycles. The maximum Gasteiger partial charge on any atom is 0.0107 e. The Morgan fingerprint density at radius 2 is 1.64 bits per heavy atom. The van der Waals surface area contributed by atoms with Crippen molar-refractivity contribution in [3.63, 3.8) is 0 Å². The zero-order valence-electron chi connectivity index (χ0n) is 10.0. The van der Waals surface area contributed by atoms with Gasteiger partial charge >= 0.3 is 0 Å². The first-order valence-corrected chi connectivity index (χ1v) is 6.49. The molecule has 0 saturated heterocycles. The highest BCUT2D eigenvalue weighted by Gasteiger charge is 2.16. The van der Waals surface area contributed by atoms with E-state index in [-0.39, 0.29) is 0 Å². The largest absolute Gasteiger partial charge is 0.122 e. The van der Waals surface area contributed by atoms with Crippen LogP contribution in [0, 0.1) is 0 Å². The Morgan fingerprint density at radius 1 is 1.07 bits per heavy atom. The third kappa shape index (κ3) is 3.75. The van der Waals surface area contributed by atoms with Crippen LogP contribution in [0.15, 0.2) is 29.2 Å². The molecule has 1 aliphatic rings. The Hall–Kier alpha value is -0.430. The zero-order chi connectivity index (χ0) is 11.0. The molecule has 1 heteroatoms. The fourth-order valence-electron chi connectivity index (χ4n) is 1.36. The summed E-state index contributed by atoms with van der Waals surface area (Å²) >= 11 is 1.99. The molecule has 80 valence electrons. The van der Waals surface area contributed by atoms with Crippen LogP contribution in [0.3, 0.4) is 0 Å². The van der Waals surface area contributed by atoms with E-state index in [1.165, 1.54) is 16.9 Å². The van der Waals surface area contributed by atoms with E-state index in [1.807, 2.05) is 39.5 Å². The predicted molar refractivity (Wildman–Crippen MR) is 68.2 cm³/mol. The van der Waals surface area contributed by atoms with Gasteiger partial charge in [-0.1, -0.05) is 52.8 Å². The van der Waals surface area contributed by atoms with Crippen LogP contribution in [0.2, 0.25) is 0 Å². The molecule has 14 heavy (non-hydrogen) atoms. The Balaban J connectivity index is 0.000000379. The van der Waals surface area contributed by atoms with Gasteiger partial charge in [0.15, 0.2) is 0 Å². The van der Waals surface area contributed by atoms with E-state index in [0.29, 0.717) is 0 Å². The molecule has 0 fully saturated rings. The van der Waals surface area contributed by atoms with E-state index in [2.05, 4.69) is 31.2 Å². The first kappa shape index (κ1) is 13.6. The quantitative estimate of drug-likeness (QED) is 0.594. The van der Waals surface area contributed by atoms with Crippen molar-refractivity contribution in [2.24, 2.45) is 0 Å². The highest BCUT2D eigenvalue weighted by atomic mass is 32.2. The van der Waals surface area contributed by atoms with Gasteiger partial charge in [0.25, 0.3) is 0 Å². The van der Waals surface area contributed by atoms with Gasteiger partial charge in [0.2, 0.25) is 0 Å². The normalized spacial score (nSPS) is 17.1. The molecule has 0 aliphatic carbocycles. The lowest BCUT2D eigenvalue weighted by Gasteiger charge is -1.93. The minimum absolute atomic E-state index is 0.789. The molecule has 0 nitrogen and oxygen atoms in total. The molecule has 0 spiro atoms. The number of hydrogen-bond donors (Lipinski definition) is 0. The molecule has 1 atom stereocenters. The van der Waals surface area contributed by atoms with Crippen LogP contribution >= 0.6 is 11.8 Å². The average molecular weight is 210 g/mol. The average Bonchev–Trinajstić information content (AvgIpc) is 2.64. The lowest BCUT2D eigenvalue weighted by Crippen LogP contribution is -1.90. The minimum Gasteiger partial charge on any atom is -0.122 e. The van der Waals surface area contributed by atoms with Crippen molar-refractivity contribution < 1.29 is 0 Å². The Labute approximate surface area is 93.1 Å². The van der Waals surface area contributed by atoms with Gasteiger partial charge in [-0.05, 0) is 18.1 Å². The predicted octanol–water partition coefficient (Wildman–Crippen LogP) is 4.78. The Bertz CT molecular complexity index is 218. The number of fused-ring (bicyclic) bond motifs is 1. The maximum atomic E-state index is 2.28. The molecule has 1 aliphatic heterocycles. The molecule has 2 rings (SSSR count). The molecule has 0 aromatic heterocycles. The third-order valence-electron chi connectivity index (χ3n) is 1.81.